The topological polar surface area (TPSA) is 62.1 Å². The molecule has 0 aromatic heterocycles. The van der Waals surface area contributed by atoms with E-state index in [0.717, 1.165) is 0 Å². The fourth-order valence-corrected chi connectivity index (χ4v) is 1.20. The monoisotopic (exact) mass is 218 g/mol. The molecule has 0 fully saturated rings. The van der Waals surface area contributed by atoms with Crippen LogP contribution in [0.1, 0.15) is 18.9 Å². The summed E-state index contributed by atoms with van der Waals surface area (Å²) in [6.45, 7) is 2.91. The number of rotatable bonds is 5. The average molecular weight is 218 g/mol. The number of nitrogens with one attached hydrogen (secondary N) is 1. The number of nitrogens with zero attached hydrogens (tertiary/aromatic N) is 1. The highest BCUT2D eigenvalue weighted by Gasteiger charge is 2.02. The van der Waals surface area contributed by atoms with Gasteiger partial charge in [-0.1, -0.05) is 6.07 Å². The zero-order valence-corrected chi connectivity index (χ0v) is 9.19. The Hall–Kier alpha value is -1.86. The second-order valence-corrected chi connectivity index (χ2v) is 3.19. The molecule has 1 aromatic rings. The van der Waals surface area contributed by atoms with Crippen LogP contribution in [0.4, 0.5) is 5.69 Å². The molecule has 0 unspecified atom stereocenters. The summed E-state index contributed by atoms with van der Waals surface area (Å²) in [7, 11) is 0. The number of hydrogen-bond donors (Lipinski definition) is 1. The van der Waals surface area contributed by atoms with Crippen LogP contribution >= 0.6 is 0 Å². The van der Waals surface area contributed by atoms with Crippen LogP contribution in [0.2, 0.25) is 0 Å². The number of nitriles is 1. The molecule has 0 aliphatic carbocycles. The molecular weight excluding hydrogens is 204 g/mol. The van der Waals surface area contributed by atoms with Gasteiger partial charge in [0.2, 0.25) is 5.91 Å². The van der Waals surface area contributed by atoms with Gasteiger partial charge in [-0.3, -0.25) is 4.79 Å². The zero-order chi connectivity index (χ0) is 11.8. The molecule has 0 heterocycles. The summed E-state index contributed by atoms with van der Waals surface area (Å²) in [5, 5.41) is 11.4. The van der Waals surface area contributed by atoms with Gasteiger partial charge in [0, 0.05) is 12.3 Å². The lowest BCUT2D eigenvalue weighted by molar-refractivity contribution is -0.117. The van der Waals surface area contributed by atoms with Crippen molar-refractivity contribution in [1.82, 2.24) is 0 Å². The molecule has 4 nitrogen and oxygen atoms in total. The second-order valence-electron chi connectivity index (χ2n) is 3.19. The quantitative estimate of drug-likeness (QED) is 0.768. The molecule has 1 rings (SSSR count). The van der Waals surface area contributed by atoms with E-state index in [1.807, 2.05) is 13.0 Å². The van der Waals surface area contributed by atoms with Gasteiger partial charge in [0.05, 0.1) is 24.7 Å². The molecule has 0 radical (unpaired) electrons. The zero-order valence-electron chi connectivity index (χ0n) is 9.19. The largest absolute Gasteiger partial charge is 0.381 e. The fraction of sp³-hybridized carbons (Fsp3) is 0.333. The van der Waals surface area contributed by atoms with Crippen LogP contribution < -0.4 is 5.32 Å². The third-order valence-electron chi connectivity index (χ3n) is 1.95. The van der Waals surface area contributed by atoms with Crippen LogP contribution in [0, 0.1) is 11.3 Å². The number of amides is 1. The van der Waals surface area contributed by atoms with Gasteiger partial charge >= 0.3 is 0 Å². The Balaban J connectivity index is 2.47. The Bertz CT molecular complexity index is 396. The highest BCUT2D eigenvalue weighted by Crippen LogP contribution is 2.09. The molecule has 0 saturated carbocycles. The first-order valence-electron chi connectivity index (χ1n) is 5.14. The van der Waals surface area contributed by atoms with Crippen LogP contribution in [0.15, 0.2) is 24.3 Å². The number of benzene rings is 1. The van der Waals surface area contributed by atoms with Crippen molar-refractivity contribution in [2.45, 2.75) is 13.3 Å². The summed E-state index contributed by atoms with van der Waals surface area (Å²) in [4.78, 5) is 11.4. The van der Waals surface area contributed by atoms with Crippen molar-refractivity contribution in [3.63, 3.8) is 0 Å². The van der Waals surface area contributed by atoms with Crippen molar-refractivity contribution in [3.05, 3.63) is 29.8 Å². The van der Waals surface area contributed by atoms with Crippen molar-refractivity contribution < 1.29 is 9.53 Å². The Morgan fingerprint density at radius 1 is 1.56 bits per heavy atom. The molecule has 0 aliphatic heterocycles. The highest BCUT2D eigenvalue weighted by atomic mass is 16.5. The maximum absolute atomic E-state index is 11.4. The standard InChI is InChI=1S/C12H14N2O2/c1-2-16-7-6-12(15)14-11-5-3-4-10(8-11)9-13/h3-5,8H,2,6-7H2,1H3,(H,14,15). The molecular formula is C12H14N2O2. The SMILES string of the molecule is CCOCCC(=O)Nc1cccc(C#N)c1. The van der Waals surface area contributed by atoms with Crippen LogP contribution in [0.3, 0.4) is 0 Å². The molecule has 1 N–H and O–H groups in total. The number of carbonyl (C=O) groups excluding carboxylic acids is 1. The first-order chi connectivity index (χ1) is 7.76. The van der Waals surface area contributed by atoms with Crippen LogP contribution in [0.5, 0.6) is 0 Å². The highest BCUT2D eigenvalue weighted by molar-refractivity contribution is 5.90. The predicted octanol–water partition coefficient (Wildman–Crippen LogP) is 1.92. The maximum Gasteiger partial charge on any atom is 0.226 e. The lowest BCUT2D eigenvalue weighted by Gasteiger charge is -2.05. The smallest absolute Gasteiger partial charge is 0.226 e. The van der Waals surface area contributed by atoms with Crippen molar-refractivity contribution in [1.29, 1.82) is 5.26 Å². The number of ether oxygens (including phenoxy) is 1. The van der Waals surface area contributed by atoms with Gasteiger partial charge in [0.15, 0.2) is 0 Å². The Labute approximate surface area is 94.8 Å². The van der Waals surface area contributed by atoms with Crippen LogP contribution in [0.25, 0.3) is 0 Å². The number of hydrogen-bond acceptors (Lipinski definition) is 3. The molecule has 84 valence electrons. The van der Waals surface area contributed by atoms with Gasteiger partial charge in [0.1, 0.15) is 0 Å². The first kappa shape index (κ1) is 12.2. The third-order valence-corrected chi connectivity index (χ3v) is 1.95. The average Bonchev–Trinajstić information content (AvgIpc) is 2.29. The Morgan fingerprint density at radius 3 is 3.06 bits per heavy atom. The summed E-state index contributed by atoms with van der Waals surface area (Å²) in [6.07, 6.45) is 0.324. The molecule has 4 heteroatoms. The predicted molar refractivity (Wildman–Crippen MR) is 60.9 cm³/mol. The summed E-state index contributed by atoms with van der Waals surface area (Å²) >= 11 is 0. The third kappa shape index (κ3) is 4.11. The van der Waals surface area contributed by atoms with Gasteiger partial charge < -0.3 is 10.1 Å². The van der Waals surface area contributed by atoms with E-state index in [1.54, 1.807) is 24.3 Å². The fourth-order valence-electron chi connectivity index (χ4n) is 1.20. The minimum absolute atomic E-state index is 0.108. The van der Waals surface area contributed by atoms with E-state index >= 15 is 0 Å². The lowest BCUT2D eigenvalue weighted by Crippen LogP contribution is -2.14. The lowest BCUT2D eigenvalue weighted by atomic mass is 10.2. The van der Waals surface area contributed by atoms with E-state index in [2.05, 4.69) is 5.32 Å². The number of carbonyl (C=O) groups is 1. The van der Waals surface area contributed by atoms with Gasteiger partial charge in [-0.25, -0.2) is 0 Å². The first-order valence-corrected chi connectivity index (χ1v) is 5.14. The van der Waals surface area contributed by atoms with Gasteiger partial charge in [-0.2, -0.15) is 5.26 Å². The Kier molecular flexibility index (Phi) is 5.03. The number of anilines is 1. The van der Waals surface area contributed by atoms with Crippen molar-refractivity contribution in [3.8, 4) is 6.07 Å². The van der Waals surface area contributed by atoms with Gasteiger partial charge in [-0.15, -0.1) is 0 Å². The van der Waals surface area contributed by atoms with E-state index in [9.17, 15) is 4.79 Å². The summed E-state index contributed by atoms with van der Waals surface area (Å²) in [5.41, 5.74) is 1.17. The Morgan fingerprint density at radius 2 is 2.38 bits per heavy atom. The van der Waals surface area contributed by atoms with Gasteiger partial charge in [0.25, 0.3) is 0 Å². The van der Waals surface area contributed by atoms with Crippen LogP contribution in [-0.4, -0.2) is 19.1 Å². The summed E-state index contributed by atoms with van der Waals surface area (Å²) < 4.78 is 5.07. The van der Waals surface area contributed by atoms with Crippen LogP contribution in [-0.2, 0) is 9.53 Å². The molecule has 0 atom stereocenters. The van der Waals surface area contributed by atoms with Crippen molar-refractivity contribution >= 4 is 11.6 Å². The molecule has 0 aliphatic rings. The molecule has 0 bridgehead atoms. The normalized spacial score (nSPS) is 9.50. The summed E-state index contributed by atoms with van der Waals surface area (Å²) in [6, 6.07) is 8.83. The molecule has 1 amide bonds. The molecule has 1 aromatic carbocycles. The molecule has 16 heavy (non-hydrogen) atoms. The van der Waals surface area contributed by atoms with Gasteiger partial charge in [-0.05, 0) is 25.1 Å². The molecule has 0 saturated heterocycles. The minimum Gasteiger partial charge on any atom is -0.381 e. The minimum atomic E-state index is -0.108. The second kappa shape index (κ2) is 6.59. The molecule has 0 spiro atoms. The van der Waals surface area contributed by atoms with E-state index in [-0.39, 0.29) is 5.91 Å². The van der Waals surface area contributed by atoms with E-state index in [4.69, 9.17) is 10.00 Å². The van der Waals surface area contributed by atoms with E-state index in [1.165, 1.54) is 0 Å². The summed E-state index contributed by atoms with van der Waals surface area (Å²) in [5.74, 6) is -0.108. The van der Waals surface area contributed by atoms with Crippen molar-refractivity contribution in [2.75, 3.05) is 18.5 Å². The van der Waals surface area contributed by atoms with E-state index < -0.39 is 0 Å². The maximum atomic E-state index is 11.4. The van der Waals surface area contributed by atoms with E-state index in [0.29, 0.717) is 30.9 Å². The van der Waals surface area contributed by atoms with Crippen molar-refractivity contribution in [2.24, 2.45) is 0 Å².